The van der Waals surface area contributed by atoms with E-state index in [4.69, 9.17) is 5.73 Å². The van der Waals surface area contributed by atoms with Crippen LogP contribution < -0.4 is 5.73 Å². The topological polar surface area (TPSA) is 79.5 Å². The Hall–Kier alpha value is -1.47. The maximum Gasteiger partial charge on any atom is 0.273 e. The van der Waals surface area contributed by atoms with Gasteiger partial charge in [0.05, 0.1) is 6.04 Å². The molecule has 0 bridgehead atoms. The SMILES string of the molecule is CC(N)c1nc(C(=O)N2CCC(C(=O)N(C)C)CC2)cs1. The van der Waals surface area contributed by atoms with Gasteiger partial charge in [0.25, 0.3) is 5.91 Å². The van der Waals surface area contributed by atoms with Crippen molar-refractivity contribution in [3.05, 3.63) is 16.1 Å². The Morgan fingerprint density at radius 2 is 2.05 bits per heavy atom. The van der Waals surface area contributed by atoms with Gasteiger partial charge in [-0.05, 0) is 19.8 Å². The number of thiazole rings is 1. The lowest BCUT2D eigenvalue weighted by atomic mass is 9.95. The molecule has 2 N–H and O–H groups in total. The highest BCUT2D eigenvalue weighted by molar-refractivity contribution is 7.09. The molecule has 7 heteroatoms. The van der Waals surface area contributed by atoms with Crippen LogP contribution in [-0.2, 0) is 4.79 Å². The highest BCUT2D eigenvalue weighted by atomic mass is 32.1. The summed E-state index contributed by atoms with van der Waals surface area (Å²) in [7, 11) is 3.54. The number of likely N-dealkylation sites (tertiary alicyclic amines) is 1. The van der Waals surface area contributed by atoms with Gasteiger partial charge >= 0.3 is 0 Å². The minimum atomic E-state index is -0.153. The minimum Gasteiger partial charge on any atom is -0.349 e. The molecule has 0 aliphatic carbocycles. The molecule has 2 amide bonds. The number of hydrogen-bond acceptors (Lipinski definition) is 5. The molecule has 1 aliphatic rings. The summed E-state index contributed by atoms with van der Waals surface area (Å²) < 4.78 is 0. The summed E-state index contributed by atoms with van der Waals surface area (Å²) in [6, 6.07) is -0.153. The van der Waals surface area contributed by atoms with E-state index in [0.717, 1.165) is 5.01 Å². The van der Waals surface area contributed by atoms with E-state index < -0.39 is 0 Å². The summed E-state index contributed by atoms with van der Waals surface area (Å²) in [6.07, 6.45) is 1.43. The van der Waals surface area contributed by atoms with Crippen molar-refractivity contribution < 1.29 is 9.59 Å². The fourth-order valence-electron chi connectivity index (χ4n) is 2.45. The van der Waals surface area contributed by atoms with E-state index in [1.165, 1.54) is 11.3 Å². The van der Waals surface area contributed by atoms with E-state index in [9.17, 15) is 9.59 Å². The second-order valence-corrected chi connectivity index (χ2v) is 6.55. The van der Waals surface area contributed by atoms with E-state index in [1.54, 1.807) is 29.3 Å². The Bertz CT molecular complexity index is 519. The summed E-state index contributed by atoms with van der Waals surface area (Å²) in [5, 5.41) is 2.54. The first-order valence-corrected chi connectivity index (χ1v) is 7.99. The predicted molar refractivity (Wildman–Crippen MR) is 82.0 cm³/mol. The second kappa shape index (κ2) is 6.53. The van der Waals surface area contributed by atoms with Crippen LogP contribution >= 0.6 is 11.3 Å². The first-order valence-electron chi connectivity index (χ1n) is 7.11. The Morgan fingerprint density at radius 3 is 2.52 bits per heavy atom. The fraction of sp³-hybridized carbons (Fsp3) is 0.643. The van der Waals surface area contributed by atoms with E-state index in [2.05, 4.69) is 4.98 Å². The quantitative estimate of drug-likeness (QED) is 0.907. The largest absolute Gasteiger partial charge is 0.349 e. The van der Waals surface area contributed by atoms with Gasteiger partial charge in [-0.25, -0.2) is 4.98 Å². The Labute approximate surface area is 128 Å². The van der Waals surface area contributed by atoms with Crippen molar-refractivity contribution in [2.75, 3.05) is 27.2 Å². The van der Waals surface area contributed by atoms with Crippen LogP contribution in [0.2, 0.25) is 0 Å². The van der Waals surface area contributed by atoms with Gasteiger partial charge in [-0.3, -0.25) is 9.59 Å². The third-order valence-electron chi connectivity index (χ3n) is 3.70. The average molecular weight is 310 g/mol. The first kappa shape index (κ1) is 15.9. The summed E-state index contributed by atoms with van der Waals surface area (Å²) in [6.45, 7) is 3.06. The standard InChI is InChI=1S/C14H22N4O2S/c1-9(15)12-16-11(8-21-12)14(20)18-6-4-10(5-7-18)13(19)17(2)3/h8-10H,4-7,15H2,1-3H3. The zero-order valence-corrected chi connectivity index (χ0v) is 13.5. The van der Waals surface area contributed by atoms with Crippen molar-refractivity contribution in [3.8, 4) is 0 Å². The summed E-state index contributed by atoms with van der Waals surface area (Å²) >= 11 is 1.41. The van der Waals surface area contributed by atoms with Crippen molar-refractivity contribution in [2.45, 2.75) is 25.8 Å². The number of aromatic nitrogens is 1. The third kappa shape index (κ3) is 3.59. The fourth-order valence-corrected chi connectivity index (χ4v) is 3.20. The lowest BCUT2D eigenvalue weighted by Gasteiger charge is -2.32. The van der Waals surface area contributed by atoms with Gasteiger partial charge < -0.3 is 15.5 Å². The molecule has 0 aromatic carbocycles. The number of hydrogen-bond donors (Lipinski definition) is 1. The van der Waals surface area contributed by atoms with Gasteiger partial charge in [0.15, 0.2) is 0 Å². The van der Waals surface area contributed by atoms with Gasteiger partial charge in [0, 0.05) is 38.5 Å². The number of amides is 2. The lowest BCUT2D eigenvalue weighted by molar-refractivity contribution is -0.134. The van der Waals surface area contributed by atoms with Crippen molar-refractivity contribution >= 4 is 23.2 Å². The number of carbonyl (C=O) groups is 2. The number of piperidine rings is 1. The number of rotatable bonds is 3. The maximum atomic E-state index is 12.4. The minimum absolute atomic E-state index is 0.0270. The molecule has 6 nitrogen and oxygen atoms in total. The molecule has 0 spiro atoms. The molecule has 1 atom stereocenters. The second-order valence-electron chi connectivity index (χ2n) is 5.66. The average Bonchev–Trinajstić information content (AvgIpc) is 2.96. The third-order valence-corrected chi connectivity index (χ3v) is 4.75. The van der Waals surface area contributed by atoms with E-state index in [1.807, 2.05) is 6.92 Å². The zero-order chi connectivity index (χ0) is 15.6. The first-order chi connectivity index (χ1) is 9.90. The molecule has 1 aromatic rings. The van der Waals surface area contributed by atoms with Gasteiger partial charge in [0.1, 0.15) is 10.7 Å². The molecule has 1 aliphatic heterocycles. The lowest BCUT2D eigenvalue weighted by Crippen LogP contribution is -2.42. The van der Waals surface area contributed by atoms with Crippen molar-refractivity contribution in [1.82, 2.24) is 14.8 Å². The smallest absolute Gasteiger partial charge is 0.273 e. The molecule has 1 unspecified atom stereocenters. The highest BCUT2D eigenvalue weighted by Crippen LogP contribution is 2.22. The molecule has 2 rings (SSSR count). The van der Waals surface area contributed by atoms with Crippen LogP contribution in [0.1, 0.15) is 41.3 Å². The Balaban J connectivity index is 1.95. The Kier molecular flexibility index (Phi) is 4.95. The molecular formula is C14H22N4O2S. The van der Waals surface area contributed by atoms with Crippen molar-refractivity contribution in [2.24, 2.45) is 11.7 Å². The van der Waals surface area contributed by atoms with Crippen LogP contribution in [0.3, 0.4) is 0 Å². The monoisotopic (exact) mass is 310 g/mol. The Morgan fingerprint density at radius 1 is 1.43 bits per heavy atom. The van der Waals surface area contributed by atoms with E-state index in [0.29, 0.717) is 31.6 Å². The molecule has 116 valence electrons. The molecule has 21 heavy (non-hydrogen) atoms. The molecule has 1 aromatic heterocycles. The van der Waals surface area contributed by atoms with E-state index >= 15 is 0 Å². The summed E-state index contributed by atoms with van der Waals surface area (Å²) in [4.78, 5) is 32.0. The maximum absolute atomic E-state index is 12.4. The molecule has 2 heterocycles. The van der Waals surface area contributed by atoms with Gasteiger partial charge in [-0.15, -0.1) is 11.3 Å². The molecular weight excluding hydrogens is 288 g/mol. The highest BCUT2D eigenvalue weighted by Gasteiger charge is 2.29. The van der Waals surface area contributed by atoms with Crippen molar-refractivity contribution in [1.29, 1.82) is 0 Å². The molecule has 0 radical (unpaired) electrons. The van der Waals surface area contributed by atoms with Gasteiger partial charge in [0.2, 0.25) is 5.91 Å². The predicted octanol–water partition coefficient (Wildman–Crippen LogP) is 1.10. The number of nitrogens with two attached hydrogens (primary N) is 1. The summed E-state index contributed by atoms with van der Waals surface area (Å²) in [5.41, 5.74) is 6.23. The normalized spacial score (nSPS) is 17.6. The number of carbonyl (C=O) groups excluding carboxylic acids is 2. The molecule has 1 fully saturated rings. The van der Waals surface area contributed by atoms with Gasteiger partial charge in [-0.1, -0.05) is 0 Å². The molecule has 1 saturated heterocycles. The van der Waals surface area contributed by atoms with Crippen LogP contribution in [0, 0.1) is 5.92 Å². The van der Waals surface area contributed by atoms with E-state index in [-0.39, 0.29) is 23.8 Å². The van der Waals surface area contributed by atoms with Crippen LogP contribution in [-0.4, -0.2) is 53.8 Å². The summed E-state index contributed by atoms with van der Waals surface area (Å²) in [5.74, 6) is 0.114. The zero-order valence-electron chi connectivity index (χ0n) is 12.7. The molecule has 0 saturated carbocycles. The van der Waals surface area contributed by atoms with Crippen LogP contribution in [0.4, 0.5) is 0 Å². The van der Waals surface area contributed by atoms with Crippen molar-refractivity contribution in [3.63, 3.8) is 0 Å². The van der Waals surface area contributed by atoms with Crippen LogP contribution in [0.25, 0.3) is 0 Å². The van der Waals surface area contributed by atoms with Crippen LogP contribution in [0.5, 0.6) is 0 Å². The van der Waals surface area contributed by atoms with Crippen LogP contribution in [0.15, 0.2) is 5.38 Å². The van der Waals surface area contributed by atoms with Gasteiger partial charge in [-0.2, -0.15) is 0 Å². The number of nitrogens with zero attached hydrogens (tertiary/aromatic N) is 3.